The number of amides is 1. The van der Waals surface area contributed by atoms with E-state index in [9.17, 15) is 14.4 Å². The van der Waals surface area contributed by atoms with Crippen LogP contribution >= 0.6 is 23.1 Å². The molecule has 0 unspecified atom stereocenters. The third-order valence-electron chi connectivity index (χ3n) is 11.4. The first-order valence-corrected chi connectivity index (χ1v) is 21.8. The van der Waals surface area contributed by atoms with E-state index in [0.717, 1.165) is 51.0 Å². The zero-order valence-electron chi connectivity index (χ0n) is 32.7. The van der Waals surface area contributed by atoms with Crippen molar-refractivity contribution in [3.05, 3.63) is 122 Å². The van der Waals surface area contributed by atoms with Gasteiger partial charge in [-0.15, -0.1) is 21.5 Å². The Kier molecular flexibility index (Phi) is 10.5. The standard InChI is InChI=1S/C43H44N8O5S2/c1-4-50-46-38(45-47-50)24-49-34-23-37(26-9-7-6-8-10-26)58-40(34)42(53)51(43(49)54)29-15-18-48(19-16-29)41(52)28-13-11-27(12-14-28)39-31-22-35(55-3)36(56-5-2)21-30(31)32-25-57-20-17-33(32)44-39/h6-14,21-23,29,32-33H,4-5,15-20,24-25H2,1-3H3/t32-,33-/m1/s1. The molecule has 13 nitrogen and oxygen atoms in total. The quantitative estimate of drug-likeness (QED) is 0.157. The Morgan fingerprint density at radius 2 is 1.72 bits per heavy atom. The van der Waals surface area contributed by atoms with Crippen molar-refractivity contribution in [2.24, 2.45) is 4.99 Å². The minimum Gasteiger partial charge on any atom is -0.493 e. The molecule has 0 N–H and O–H groups in total. The summed E-state index contributed by atoms with van der Waals surface area (Å²) in [5, 5.41) is 12.7. The lowest BCUT2D eigenvalue weighted by Crippen LogP contribution is -2.46. The molecule has 0 bridgehead atoms. The van der Waals surface area contributed by atoms with Crippen LogP contribution in [0, 0.1) is 0 Å². The summed E-state index contributed by atoms with van der Waals surface area (Å²) < 4.78 is 15.2. The molecule has 15 heteroatoms. The zero-order chi connectivity index (χ0) is 39.9. The van der Waals surface area contributed by atoms with E-state index in [0.29, 0.717) is 72.4 Å². The highest BCUT2D eigenvalue weighted by atomic mass is 32.2. The van der Waals surface area contributed by atoms with Gasteiger partial charge in [0.15, 0.2) is 17.3 Å². The number of thioether (sulfide) groups is 1. The molecular weight excluding hydrogens is 773 g/mol. The number of likely N-dealkylation sites (tertiary alicyclic amines) is 1. The summed E-state index contributed by atoms with van der Waals surface area (Å²) in [6.07, 6.45) is 1.94. The third-order valence-corrected chi connectivity index (χ3v) is 13.7. The smallest absolute Gasteiger partial charge is 0.332 e. The molecule has 2 atom stereocenters. The summed E-state index contributed by atoms with van der Waals surface area (Å²) in [6.45, 7) is 5.88. The first kappa shape index (κ1) is 38.0. The van der Waals surface area contributed by atoms with Gasteiger partial charge >= 0.3 is 5.69 Å². The summed E-state index contributed by atoms with van der Waals surface area (Å²) in [5.41, 5.74) is 5.49. The predicted molar refractivity (Wildman–Crippen MR) is 227 cm³/mol. The van der Waals surface area contributed by atoms with Crippen molar-refractivity contribution >= 4 is 44.9 Å². The number of carbonyl (C=O) groups excluding carboxylic acids is 1. The summed E-state index contributed by atoms with van der Waals surface area (Å²) in [4.78, 5) is 51.9. The van der Waals surface area contributed by atoms with Gasteiger partial charge in [0.05, 0.1) is 44.1 Å². The molecule has 2 saturated heterocycles. The maximum absolute atomic E-state index is 14.3. The fourth-order valence-corrected chi connectivity index (χ4v) is 10.8. The molecule has 0 spiro atoms. The van der Waals surface area contributed by atoms with Crippen molar-refractivity contribution in [1.82, 2.24) is 34.2 Å². The van der Waals surface area contributed by atoms with Gasteiger partial charge in [-0.3, -0.25) is 23.7 Å². The van der Waals surface area contributed by atoms with Gasteiger partial charge in [-0.2, -0.15) is 16.6 Å². The van der Waals surface area contributed by atoms with Gasteiger partial charge in [-0.1, -0.05) is 42.5 Å². The van der Waals surface area contributed by atoms with Gasteiger partial charge in [-0.05, 0) is 85.5 Å². The molecule has 1 amide bonds. The average molecular weight is 817 g/mol. The van der Waals surface area contributed by atoms with E-state index in [1.165, 1.54) is 26.3 Å². The van der Waals surface area contributed by atoms with Crippen LogP contribution in [0.25, 0.3) is 20.7 Å². The number of aryl methyl sites for hydroxylation is 1. The lowest BCUT2D eigenvalue weighted by atomic mass is 9.81. The number of hydrogen-bond donors (Lipinski definition) is 0. The Morgan fingerprint density at radius 3 is 2.45 bits per heavy atom. The van der Waals surface area contributed by atoms with Crippen molar-refractivity contribution in [1.29, 1.82) is 0 Å². The van der Waals surface area contributed by atoms with Gasteiger partial charge in [0.25, 0.3) is 11.5 Å². The molecule has 298 valence electrons. The minimum absolute atomic E-state index is 0.0775. The molecule has 3 aliphatic heterocycles. The van der Waals surface area contributed by atoms with E-state index < -0.39 is 5.69 Å². The minimum atomic E-state index is -0.416. The second-order valence-electron chi connectivity index (χ2n) is 14.8. The van der Waals surface area contributed by atoms with E-state index in [1.54, 1.807) is 11.7 Å². The van der Waals surface area contributed by atoms with Crippen LogP contribution in [0.3, 0.4) is 0 Å². The lowest BCUT2D eigenvalue weighted by Gasteiger charge is -2.35. The fraction of sp³-hybridized carbons (Fsp3) is 0.372. The molecule has 0 saturated carbocycles. The van der Waals surface area contributed by atoms with Crippen molar-refractivity contribution < 1.29 is 14.3 Å². The summed E-state index contributed by atoms with van der Waals surface area (Å²) >= 11 is 3.35. The van der Waals surface area contributed by atoms with Crippen molar-refractivity contribution in [2.75, 3.05) is 38.3 Å². The number of rotatable bonds is 10. The molecular formula is C43H44N8O5S2. The van der Waals surface area contributed by atoms with E-state index in [4.69, 9.17) is 14.5 Å². The number of carbonyl (C=O) groups is 1. The van der Waals surface area contributed by atoms with Gasteiger partial charge in [-0.25, -0.2) is 4.79 Å². The second-order valence-corrected chi connectivity index (χ2v) is 17.0. The molecule has 3 aromatic carbocycles. The summed E-state index contributed by atoms with van der Waals surface area (Å²) in [7, 11) is 1.66. The highest BCUT2D eigenvalue weighted by Crippen LogP contribution is 2.44. The van der Waals surface area contributed by atoms with Crippen LogP contribution in [0.5, 0.6) is 11.5 Å². The van der Waals surface area contributed by atoms with Gasteiger partial charge in [0.2, 0.25) is 0 Å². The van der Waals surface area contributed by atoms with Crippen molar-refractivity contribution in [2.45, 2.75) is 64.2 Å². The van der Waals surface area contributed by atoms with E-state index >= 15 is 0 Å². The first-order valence-electron chi connectivity index (χ1n) is 19.9. The van der Waals surface area contributed by atoms with Crippen molar-refractivity contribution in [3.8, 4) is 21.9 Å². The van der Waals surface area contributed by atoms with Crippen LogP contribution in [0.2, 0.25) is 0 Å². The van der Waals surface area contributed by atoms with Gasteiger partial charge in [0, 0.05) is 52.4 Å². The van der Waals surface area contributed by atoms with Crippen LogP contribution < -0.4 is 20.7 Å². The number of ether oxygens (including phenoxy) is 2. The molecule has 0 radical (unpaired) electrons. The number of fused-ring (bicyclic) bond motifs is 4. The third kappa shape index (κ3) is 6.93. The Hall–Kier alpha value is -5.54. The predicted octanol–water partition coefficient (Wildman–Crippen LogP) is 6.27. The first-order chi connectivity index (χ1) is 28.3. The molecule has 9 rings (SSSR count). The van der Waals surface area contributed by atoms with Crippen LogP contribution in [0.1, 0.15) is 77.9 Å². The summed E-state index contributed by atoms with van der Waals surface area (Å²) in [6, 6.07) is 23.4. The summed E-state index contributed by atoms with van der Waals surface area (Å²) in [5.74, 6) is 4.13. The van der Waals surface area contributed by atoms with Crippen LogP contribution in [-0.4, -0.2) is 90.2 Å². The maximum atomic E-state index is 14.3. The Balaban J connectivity index is 0.967. The number of hydrogen-bond acceptors (Lipinski definition) is 11. The van der Waals surface area contributed by atoms with Crippen LogP contribution in [0.4, 0.5) is 0 Å². The number of benzene rings is 3. The van der Waals surface area contributed by atoms with Gasteiger partial charge < -0.3 is 14.4 Å². The molecule has 6 heterocycles. The largest absolute Gasteiger partial charge is 0.493 e. The number of nitrogens with zero attached hydrogens (tertiary/aromatic N) is 8. The molecule has 6 aromatic rings. The number of thiophene rings is 1. The highest BCUT2D eigenvalue weighted by Gasteiger charge is 2.35. The van der Waals surface area contributed by atoms with E-state index in [1.807, 2.05) is 97.2 Å². The molecule has 58 heavy (non-hydrogen) atoms. The number of piperidine rings is 1. The van der Waals surface area contributed by atoms with Crippen LogP contribution in [-0.2, 0) is 13.1 Å². The maximum Gasteiger partial charge on any atom is 0.332 e. The molecule has 2 fully saturated rings. The average Bonchev–Trinajstić information content (AvgIpc) is 3.93. The lowest BCUT2D eigenvalue weighted by molar-refractivity contribution is 0.0691. The topological polar surface area (TPSA) is 139 Å². The normalized spacial score (nSPS) is 18.1. The Morgan fingerprint density at radius 1 is 0.931 bits per heavy atom. The Labute approximate surface area is 343 Å². The Bertz CT molecular complexity index is 2640. The zero-order valence-corrected chi connectivity index (χ0v) is 34.3. The monoisotopic (exact) mass is 816 g/mol. The number of tetrazole rings is 1. The molecule has 3 aliphatic rings. The SMILES string of the molecule is CCOc1cc2c(cc1OC)C(c1ccc(C(=O)N3CCC(n4c(=O)c5sc(-c6ccccc6)cc5n(Cc5nnn(CC)n5)c4=O)CC3)cc1)=N[C@@H]1CCSC[C@H]21. The highest BCUT2D eigenvalue weighted by molar-refractivity contribution is 7.99. The fourth-order valence-electron chi connectivity index (χ4n) is 8.44. The van der Waals surface area contributed by atoms with Gasteiger partial charge in [0.1, 0.15) is 4.70 Å². The number of aromatic nitrogens is 6. The van der Waals surface area contributed by atoms with Crippen molar-refractivity contribution in [3.63, 3.8) is 0 Å². The van der Waals surface area contributed by atoms with E-state index in [2.05, 4.69) is 21.5 Å². The molecule has 0 aliphatic carbocycles. The molecule has 3 aromatic heterocycles. The second kappa shape index (κ2) is 16.0. The number of aliphatic imine (C=N–C) groups is 1. The number of methoxy groups -OCH3 is 1. The van der Waals surface area contributed by atoms with Crippen LogP contribution in [0.15, 0.2) is 87.4 Å². The van der Waals surface area contributed by atoms with E-state index in [-0.39, 0.29) is 30.1 Å².